The molecule has 1 aromatic rings. The third-order valence-electron chi connectivity index (χ3n) is 1.47. The van der Waals surface area contributed by atoms with E-state index in [4.69, 9.17) is 10.5 Å². The van der Waals surface area contributed by atoms with Crippen LogP contribution >= 0.6 is 0 Å². The third kappa shape index (κ3) is 3.62. The maximum atomic E-state index is 11.1. The predicted octanol–water partition coefficient (Wildman–Crippen LogP) is 1.71. The van der Waals surface area contributed by atoms with Crippen molar-refractivity contribution in [2.45, 2.75) is 0 Å². The summed E-state index contributed by atoms with van der Waals surface area (Å²) in [7, 11) is 0. The van der Waals surface area contributed by atoms with E-state index in [2.05, 4.69) is 5.32 Å². The molecule has 3 N–H and O–H groups in total. The maximum Gasteiger partial charge on any atom is 0.411 e. The molecule has 1 amide bonds. The lowest BCUT2D eigenvalue weighted by molar-refractivity contribution is 0.174. The molecule has 0 atom stereocenters. The Morgan fingerprint density at radius 2 is 2.14 bits per heavy atom. The second-order valence-corrected chi connectivity index (χ2v) is 2.52. The molecule has 4 nitrogen and oxygen atoms in total. The maximum absolute atomic E-state index is 11.1. The highest BCUT2D eigenvalue weighted by atomic mass is 16.5. The van der Waals surface area contributed by atoms with E-state index in [1.807, 2.05) is 18.2 Å². The van der Waals surface area contributed by atoms with Gasteiger partial charge in [0.2, 0.25) is 0 Å². The molecule has 0 bridgehead atoms. The van der Waals surface area contributed by atoms with Crippen molar-refractivity contribution in [3.05, 3.63) is 42.6 Å². The zero-order chi connectivity index (χ0) is 10.2. The van der Waals surface area contributed by atoms with Crippen molar-refractivity contribution < 1.29 is 9.53 Å². The van der Waals surface area contributed by atoms with E-state index in [-0.39, 0.29) is 6.61 Å². The van der Waals surface area contributed by atoms with Crippen LogP contribution in [0.4, 0.5) is 10.5 Å². The summed E-state index contributed by atoms with van der Waals surface area (Å²) in [5, 5.41) is 2.56. The monoisotopic (exact) mass is 192 g/mol. The average molecular weight is 192 g/mol. The summed E-state index contributed by atoms with van der Waals surface area (Å²) in [6.07, 6.45) is 2.38. The van der Waals surface area contributed by atoms with Gasteiger partial charge < -0.3 is 10.5 Å². The van der Waals surface area contributed by atoms with Gasteiger partial charge in [0.1, 0.15) is 6.61 Å². The molecule has 0 spiro atoms. The number of rotatable bonds is 3. The zero-order valence-electron chi connectivity index (χ0n) is 7.64. The van der Waals surface area contributed by atoms with E-state index in [9.17, 15) is 4.79 Å². The molecule has 0 aliphatic rings. The summed E-state index contributed by atoms with van der Waals surface area (Å²) in [5.74, 6) is 0. The lowest BCUT2D eigenvalue weighted by Gasteiger charge is -2.04. The van der Waals surface area contributed by atoms with Crippen LogP contribution in [0.25, 0.3) is 0 Å². The molecule has 0 aliphatic carbocycles. The molecule has 1 rings (SSSR count). The highest BCUT2D eigenvalue weighted by Crippen LogP contribution is 2.04. The first-order valence-corrected chi connectivity index (χ1v) is 4.18. The first kappa shape index (κ1) is 10.1. The second kappa shape index (κ2) is 5.64. The van der Waals surface area contributed by atoms with Crippen LogP contribution < -0.4 is 11.1 Å². The number of carbonyl (C=O) groups excluding carboxylic acids is 1. The highest BCUT2D eigenvalue weighted by Gasteiger charge is 1.99. The Bertz CT molecular complexity index is 309. The summed E-state index contributed by atoms with van der Waals surface area (Å²) in [6.45, 7) is 0.176. The Morgan fingerprint density at radius 1 is 1.43 bits per heavy atom. The number of ether oxygens (including phenoxy) is 1. The number of nitrogens with one attached hydrogen (secondary N) is 1. The first-order chi connectivity index (χ1) is 6.83. The Balaban J connectivity index is 2.34. The summed E-state index contributed by atoms with van der Waals surface area (Å²) < 4.78 is 4.77. The third-order valence-corrected chi connectivity index (χ3v) is 1.47. The van der Waals surface area contributed by atoms with Gasteiger partial charge in [0, 0.05) is 5.69 Å². The normalized spacial score (nSPS) is 10.0. The summed E-state index contributed by atoms with van der Waals surface area (Å²) >= 11 is 0. The smallest absolute Gasteiger partial charge is 0.411 e. The summed E-state index contributed by atoms with van der Waals surface area (Å²) in [6, 6.07) is 9.08. The van der Waals surface area contributed by atoms with Gasteiger partial charge in [-0.3, -0.25) is 5.32 Å². The van der Waals surface area contributed by atoms with Gasteiger partial charge in [-0.05, 0) is 24.4 Å². The molecular weight excluding hydrogens is 180 g/mol. The van der Waals surface area contributed by atoms with Crippen LogP contribution in [0.1, 0.15) is 0 Å². The Morgan fingerprint density at radius 3 is 2.79 bits per heavy atom. The minimum Gasteiger partial charge on any atom is -0.445 e. The molecule has 4 heteroatoms. The molecule has 0 radical (unpaired) electrons. The lowest BCUT2D eigenvalue weighted by Crippen LogP contribution is -2.13. The number of amides is 1. The molecule has 0 saturated heterocycles. The minimum absolute atomic E-state index is 0.176. The Kier molecular flexibility index (Phi) is 4.07. The molecule has 0 aliphatic heterocycles. The SMILES string of the molecule is NC=CCOC(=O)Nc1ccccc1. The number of anilines is 1. The van der Waals surface area contributed by atoms with Gasteiger partial charge in [0.15, 0.2) is 0 Å². The van der Waals surface area contributed by atoms with Gasteiger partial charge in [-0.15, -0.1) is 0 Å². The molecule has 0 aromatic heterocycles. The van der Waals surface area contributed by atoms with Gasteiger partial charge in [-0.25, -0.2) is 4.79 Å². The van der Waals surface area contributed by atoms with E-state index >= 15 is 0 Å². The number of carbonyl (C=O) groups is 1. The van der Waals surface area contributed by atoms with E-state index in [0.29, 0.717) is 5.69 Å². The van der Waals surface area contributed by atoms with Crippen LogP contribution in [0.2, 0.25) is 0 Å². The standard InChI is InChI=1S/C10H12N2O2/c11-7-4-8-14-10(13)12-9-5-2-1-3-6-9/h1-7H,8,11H2,(H,12,13). The molecule has 14 heavy (non-hydrogen) atoms. The fourth-order valence-corrected chi connectivity index (χ4v) is 0.855. The second-order valence-electron chi connectivity index (χ2n) is 2.52. The topological polar surface area (TPSA) is 64.3 Å². The zero-order valence-corrected chi connectivity index (χ0v) is 7.64. The molecular formula is C10H12N2O2. The quantitative estimate of drug-likeness (QED) is 0.766. The molecule has 74 valence electrons. The number of hydrogen-bond donors (Lipinski definition) is 2. The first-order valence-electron chi connectivity index (χ1n) is 4.18. The molecule has 1 aromatic carbocycles. The van der Waals surface area contributed by atoms with Crippen molar-refractivity contribution in [2.75, 3.05) is 11.9 Å². The van der Waals surface area contributed by atoms with Crippen LogP contribution in [-0.2, 0) is 4.74 Å². The lowest BCUT2D eigenvalue weighted by atomic mass is 10.3. The van der Waals surface area contributed by atoms with Crippen LogP contribution in [0, 0.1) is 0 Å². The number of nitrogens with two attached hydrogens (primary N) is 1. The van der Waals surface area contributed by atoms with Crippen molar-refractivity contribution in [3.63, 3.8) is 0 Å². The van der Waals surface area contributed by atoms with Crippen LogP contribution in [0.3, 0.4) is 0 Å². The number of para-hydroxylation sites is 1. The van der Waals surface area contributed by atoms with E-state index in [0.717, 1.165) is 0 Å². The highest BCUT2D eigenvalue weighted by molar-refractivity contribution is 5.84. The molecule has 0 saturated carbocycles. The van der Waals surface area contributed by atoms with Crippen molar-refractivity contribution in [1.29, 1.82) is 0 Å². The van der Waals surface area contributed by atoms with E-state index in [1.54, 1.807) is 18.2 Å². The van der Waals surface area contributed by atoms with Gasteiger partial charge in [-0.2, -0.15) is 0 Å². The Labute approximate surface area is 82.4 Å². The largest absolute Gasteiger partial charge is 0.445 e. The number of benzene rings is 1. The fraction of sp³-hybridized carbons (Fsp3) is 0.100. The molecule has 0 heterocycles. The van der Waals surface area contributed by atoms with Crippen molar-refractivity contribution >= 4 is 11.8 Å². The average Bonchev–Trinajstić information content (AvgIpc) is 2.20. The van der Waals surface area contributed by atoms with Crippen LogP contribution in [-0.4, -0.2) is 12.7 Å². The van der Waals surface area contributed by atoms with Gasteiger partial charge in [-0.1, -0.05) is 18.2 Å². The Hall–Kier alpha value is -1.97. The van der Waals surface area contributed by atoms with Gasteiger partial charge in [0.25, 0.3) is 0 Å². The van der Waals surface area contributed by atoms with E-state index < -0.39 is 6.09 Å². The van der Waals surface area contributed by atoms with Gasteiger partial charge >= 0.3 is 6.09 Å². The molecule has 0 fully saturated rings. The fourth-order valence-electron chi connectivity index (χ4n) is 0.855. The van der Waals surface area contributed by atoms with Crippen molar-refractivity contribution in [2.24, 2.45) is 5.73 Å². The number of hydrogen-bond acceptors (Lipinski definition) is 3. The van der Waals surface area contributed by atoms with Gasteiger partial charge in [0.05, 0.1) is 0 Å². The summed E-state index contributed by atoms with van der Waals surface area (Å²) in [4.78, 5) is 11.1. The molecule has 0 unspecified atom stereocenters. The van der Waals surface area contributed by atoms with E-state index in [1.165, 1.54) is 6.20 Å². The summed E-state index contributed by atoms with van der Waals surface area (Å²) in [5.41, 5.74) is 5.78. The predicted molar refractivity (Wildman–Crippen MR) is 54.7 cm³/mol. The van der Waals surface area contributed by atoms with Crippen LogP contribution in [0.5, 0.6) is 0 Å². The minimum atomic E-state index is -0.491. The van der Waals surface area contributed by atoms with Crippen molar-refractivity contribution in [3.8, 4) is 0 Å². The van der Waals surface area contributed by atoms with Crippen molar-refractivity contribution in [1.82, 2.24) is 0 Å². The van der Waals surface area contributed by atoms with Crippen LogP contribution in [0.15, 0.2) is 42.6 Å².